The van der Waals surface area contributed by atoms with Crippen molar-refractivity contribution >= 4 is 15.9 Å². The maximum Gasteiger partial charge on any atom is 0.137 e. The third kappa shape index (κ3) is 4.32. The molecule has 0 atom stereocenters. The van der Waals surface area contributed by atoms with Gasteiger partial charge < -0.3 is 10.1 Å². The summed E-state index contributed by atoms with van der Waals surface area (Å²) >= 11 is 3.56. The summed E-state index contributed by atoms with van der Waals surface area (Å²) in [4.78, 5) is 0. The molecule has 17 heavy (non-hydrogen) atoms. The predicted molar refractivity (Wildman–Crippen MR) is 76.5 cm³/mol. The second-order valence-electron chi connectivity index (χ2n) is 4.25. The Balaban J connectivity index is 2.74. The molecule has 0 heterocycles. The van der Waals surface area contributed by atoms with Gasteiger partial charge in [0.05, 0.1) is 11.1 Å². The lowest BCUT2D eigenvalue weighted by molar-refractivity contribution is 0.237. The Labute approximate surface area is 113 Å². The van der Waals surface area contributed by atoms with Crippen LogP contribution in [0.3, 0.4) is 0 Å². The SMILES string of the molecule is CCC(CC)COc1c(Br)cccc1CNC. The minimum absolute atomic E-state index is 0.643. The zero-order valence-electron chi connectivity index (χ0n) is 10.9. The van der Waals surface area contributed by atoms with Crippen LogP contribution < -0.4 is 10.1 Å². The minimum atomic E-state index is 0.643. The highest BCUT2D eigenvalue weighted by Gasteiger charge is 2.10. The van der Waals surface area contributed by atoms with E-state index in [1.807, 2.05) is 19.2 Å². The molecule has 3 heteroatoms. The monoisotopic (exact) mass is 299 g/mol. The average Bonchev–Trinajstić information content (AvgIpc) is 2.33. The van der Waals surface area contributed by atoms with E-state index in [-0.39, 0.29) is 0 Å². The molecule has 1 aromatic carbocycles. The van der Waals surface area contributed by atoms with E-state index in [0.717, 1.165) is 23.4 Å². The van der Waals surface area contributed by atoms with Gasteiger partial charge in [-0.15, -0.1) is 0 Å². The van der Waals surface area contributed by atoms with E-state index in [1.54, 1.807) is 0 Å². The van der Waals surface area contributed by atoms with Crippen LogP contribution in [0.15, 0.2) is 22.7 Å². The normalized spacial score (nSPS) is 10.9. The van der Waals surface area contributed by atoms with Crippen molar-refractivity contribution in [3.63, 3.8) is 0 Å². The van der Waals surface area contributed by atoms with Crippen LogP contribution >= 0.6 is 15.9 Å². The molecule has 0 amide bonds. The van der Waals surface area contributed by atoms with Gasteiger partial charge in [-0.2, -0.15) is 0 Å². The third-order valence-corrected chi connectivity index (χ3v) is 3.66. The fourth-order valence-corrected chi connectivity index (χ4v) is 2.29. The van der Waals surface area contributed by atoms with Crippen LogP contribution in [0.1, 0.15) is 32.3 Å². The highest BCUT2D eigenvalue weighted by Crippen LogP contribution is 2.29. The van der Waals surface area contributed by atoms with Crippen molar-refractivity contribution in [3.05, 3.63) is 28.2 Å². The fraction of sp³-hybridized carbons (Fsp3) is 0.571. The van der Waals surface area contributed by atoms with E-state index in [1.165, 1.54) is 18.4 Å². The van der Waals surface area contributed by atoms with Gasteiger partial charge in [-0.1, -0.05) is 38.8 Å². The lowest BCUT2D eigenvalue weighted by Gasteiger charge is -2.17. The summed E-state index contributed by atoms with van der Waals surface area (Å²) in [7, 11) is 1.95. The average molecular weight is 300 g/mol. The zero-order valence-corrected chi connectivity index (χ0v) is 12.5. The summed E-state index contributed by atoms with van der Waals surface area (Å²) in [6, 6.07) is 6.17. The summed E-state index contributed by atoms with van der Waals surface area (Å²) in [5, 5.41) is 3.17. The molecule has 0 fully saturated rings. The molecular formula is C14H22BrNO. The fourth-order valence-electron chi connectivity index (χ4n) is 1.77. The van der Waals surface area contributed by atoms with E-state index in [0.29, 0.717) is 5.92 Å². The maximum absolute atomic E-state index is 5.98. The summed E-state index contributed by atoms with van der Waals surface area (Å²) in [6.45, 7) is 6.06. The molecule has 0 saturated carbocycles. The van der Waals surface area contributed by atoms with Crippen LogP contribution in [0, 0.1) is 5.92 Å². The molecule has 2 nitrogen and oxygen atoms in total. The topological polar surface area (TPSA) is 21.3 Å². The summed E-state index contributed by atoms with van der Waals surface area (Å²) in [5.74, 6) is 1.62. The second kappa shape index (κ2) is 7.72. The van der Waals surface area contributed by atoms with Gasteiger partial charge >= 0.3 is 0 Å². The van der Waals surface area contributed by atoms with Crippen molar-refractivity contribution in [2.45, 2.75) is 33.2 Å². The Morgan fingerprint density at radius 3 is 2.59 bits per heavy atom. The van der Waals surface area contributed by atoms with E-state index in [2.05, 4.69) is 41.2 Å². The lowest BCUT2D eigenvalue weighted by atomic mass is 10.1. The quantitative estimate of drug-likeness (QED) is 0.822. The Bertz CT molecular complexity index is 337. The van der Waals surface area contributed by atoms with Crippen molar-refractivity contribution in [1.29, 1.82) is 0 Å². The number of para-hydroxylation sites is 1. The van der Waals surface area contributed by atoms with Crippen molar-refractivity contribution < 1.29 is 4.74 Å². The first-order chi connectivity index (χ1) is 8.22. The number of rotatable bonds is 7. The van der Waals surface area contributed by atoms with Gasteiger partial charge in [0.15, 0.2) is 0 Å². The molecule has 1 rings (SSSR count). The van der Waals surface area contributed by atoms with Crippen LogP contribution in [0.2, 0.25) is 0 Å². The number of benzene rings is 1. The van der Waals surface area contributed by atoms with Crippen molar-refractivity contribution in [2.24, 2.45) is 5.92 Å². The Morgan fingerprint density at radius 2 is 2.00 bits per heavy atom. The smallest absolute Gasteiger partial charge is 0.137 e. The Kier molecular flexibility index (Phi) is 6.60. The first kappa shape index (κ1) is 14.5. The molecule has 96 valence electrons. The zero-order chi connectivity index (χ0) is 12.7. The van der Waals surface area contributed by atoms with Crippen LogP contribution in [0.4, 0.5) is 0 Å². The molecule has 0 bridgehead atoms. The molecule has 0 saturated heterocycles. The molecule has 0 aromatic heterocycles. The standard InChI is InChI=1S/C14H22BrNO/c1-4-11(5-2)10-17-14-12(9-16-3)7-6-8-13(14)15/h6-8,11,16H,4-5,9-10H2,1-3H3. The molecule has 0 aliphatic heterocycles. The molecule has 0 aliphatic rings. The first-order valence-corrected chi connectivity index (χ1v) is 7.06. The second-order valence-corrected chi connectivity index (χ2v) is 5.11. The van der Waals surface area contributed by atoms with Gasteiger partial charge in [-0.05, 0) is 35.0 Å². The number of nitrogens with one attached hydrogen (secondary N) is 1. The van der Waals surface area contributed by atoms with E-state index in [9.17, 15) is 0 Å². The van der Waals surface area contributed by atoms with E-state index < -0.39 is 0 Å². The van der Waals surface area contributed by atoms with Gasteiger partial charge in [-0.3, -0.25) is 0 Å². The van der Waals surface area contributed by atoms with Crippen molar-refractivity contribution in [2.75, 3.05) is 13.7 Å². The van der Waals surface area contributed by atoms with Crippen LogP contribution in [0.5, 0.6) is 5.75 Å². The Morgan fingerprint density at radius 1 is 1.29 bits per heavy atom. The minimum Gasteiger partial charge on any atom is -0.492 e. The van der Waals surface area contributed by atoms with Crippen LogP contribution in [-0.4, -0.2) is 13.7 Å². The highest BCUT2D eigenvalue weighted by atomic mass is 79.9. The van der Waals surface area contributed by atoms with Crippen LogP contribution in [-0.2, 0) is 6.54 Å². The molecule has 1 N–H and O–H groups in total. The van der Waals surface area contributed by atoms with Crippen LogP contribution in [0.25, 0.3) is 0 Å². The molecule has 0 radical (unpaired) electrons. The predicted octanol–water partition coefficient (Wildman–Crippen LogP) is 3.98. The van der Waals surface area contributed by atoms with E-state index >= 15 is 0 Å². The third-order valence-electron chi connectivity index (χ3n) is 3.03. The molecule has 0 spiro atoms. The molecule has 1 aromatic rings. The summed E-state index contributed by atoms with van der Waals surface area (Å²) in [6.07, 6.45) is 2.34. The molecule has 0 unspecified atom stereocenters. The van der Waals surface area contributed by atoms with Gasteiger partial charge in [0.25, 0.3) is 0 Å². The number of halogens is 1. The lowest BCUT2D eigenvalue weighted by Crippen LogP contribution is -2.13. The molecular weight excluding hydrogens is 278 g/mol. The van der Waals surface area contributed by atoms with Gasteiger partial charge in [0.2, 0.25) is 0 Å². The number of hydrogen-bond acceptors (Lipinski definition) is 2. The van der Waals surface area contributed by atoms with Crippen molar-refractivity contribution in [3.8, 4) is 5.75 Å². The van der Waals surface area contributed by atoms with Gasteiger partial charge in [-0.25, -0.2) is 0 Å². The summed E-state index contributed by atoms with van der Waals surface area (Å²) in [5.41, 5.74) is 1.20. The van der Waals surface area contributed by atoms with Gasteiger partial charge in [0, 0.05) is 12.1 Å². The van der Waals surface area contributed by atoms with Gasteiger partial charge in [0.1, 0.15) is 5.75 Å². The highest BCUT2D eigenvalue weighted by molar-refractivity contribution is 9.10. The Hall–Kier alpha value is -0.540. The first-order valence-electron chi connectivity index (χ1n) is 6.27. The number of hydrogen-bond donors (Lipinski definition) is 1. The largest absolute Gasteiger partial charge is 0.492 e. The summed E-state index contributed by atoms with van der Waals surface area (Å²) < 4.78 is 7.02. The number of ether oxygens (including phenoxy) is 1. The molecule has 0 aliphatic carbocycles. The maximum atomic E-state index is 5.98. The van der Waals surface area contributed by atoms with E-state index in [4.69, 9.17) is 4.74 Å². The van der Waals surface area contributed by atoms with Crippen molar-refractivity contribution in [1.82, 2.24) is 5.32 Å².